The largest absolute Gasteiger partial charge is 0.389 e. The van der Waals surface area contributed by atoms with Crippen LogP contribution >= 0.6 is 15.9 Å². The summed E-state index contributed by atoms with van der Waals surface area (Å²) in [5.41, 5.74) is 1.12. The third-order valence-corrected chi connectivity index (χ3v) is 2.80. The number of alkyl halides is 3. The van der Waals surface area contributed by atoms with Gasteiger partial charge in [-0.05, 0) is 31.0 Å². The summed E-state index contributed by atoms with van der Waals surface area (Å²) in [4.78, 5) is 0. The molecule has 0 aliphatic heterocycles. The van der Waals surface area contributed by atoms with Crippen molar-refractivity contribution >= 4 is 21.6 Å². The molecule has 0 aliphatic rings. The molecule has 0 radical (unpaired) electrons. The Labute approximate surface area is 112 Å². The standard InChI is InChI=1S/C12H12BrF3N2/c13-10-4-3-9(8-17)11(7-10)18-6-2-1-5-12(14,15)16/h3-4,7,18H,1-2,5-6H2. The lowest BCUT2D eigenvalue weighted by Gasteiger charge is -2.09. The maximum atomic E-state index is 11.9. The molecule has 0 spiro atoms. The van der Waals surface area contributed by atoms with Crippen LogP contribution in [0.3, 0.4) is 0 Å². The van der Waals surface area contributed by atoms with Crippen LogP contribution in [0, 0.1) is 11.3 Å². The van der Waals surface area contributed by atoms with E-state index in [2.05, 4.69) is 21.2 Å². The highest BCUT2D eigenvalue weighted by atomic mass is 79.9. The van der Waals surface area contributed by atoms with Crippen LogP contribution in [0.4, 0.5) is 18.9 Å². The normalized spacial score (nSPS) is 11.1. The first kappa shape index (κ1) is 14.8. The highest BCUT2D eigenvalue weighted by Crippen LogP contribution is 2.23. The van der Waals surface area contributed by atoms with E-state index in [9.17, 15) is 13.2 Å². The molecule has 0 heterocycles. The van der Waals surface area contributed by atoms with Crippen LogP contribution < -0.4 is 5.32 Å². The molecular weight excluding hydrogens is 309 g/mol. The van der Waals surface area contributed by atoms with Crippen molar-refractivity contribution < 1.29 is 13.2 Å². The molecule has 0 amide bonds. The minimum absolute atomic E-state index is 0.0897. The van der Waals surface area contributed by atoms with E-state index in [1.165, 1.54) is 0 Å². The summed E-state index contributed by atoms with van der Waals surface area (Å²) >= 11 is 3.28. The lowest BCUT2D eigenvalue weighted by atomic mass is 10.2. The van der Waals surface area contributed by atoms with Crippen LogP contribution in [0.2, 0.25) is 0 Å². The number of unbranched alkanes of at least 4 members (excludes halogenated alkanes) is 1. The van der Waals surface area contributed by atoms with Gasteiger partial charge in [-0.1, -0.05) is 15.9 Å². The average Bonchev–Trinajstić information content (AvgIpc) is 2.27. The highest BCUT2D eigenvalue weighted by Gasteiger charge is 2.25. The summed E-state index contributed by atoms with van der Waals surface area (Å²) in [6.45, 7) is 0.418. The highest BCUT2D eigenvalue weighted by molar-refractivity contribution is 9.10. The molecule has 1 rings (SSSR count). The van der Waals surface area contributed by atoms with Crippen molar-refractivity contribution in [1.82, 2.24) is 0 Å². The molecule has 0 aromatic heterocycles. The van der Waals surface area contributed by atoms with E-state index in [0.717, 1.165) is 4.47 Å². The fourth-order valence-corrected chi connectivity index (χ4v) is 1.79. The first-order valence-electron chi connectivity index (χ1n) is 5.42. The molecule has 0 atom stereocenters. The van der Waals surface area contributed by atoms with Gasteiger partial charge in [0, 0.05) is 17.4 Å². The molecule has 6 heteroatoms. The van der Waals surface area contributed by atoms with E-state index in [1.54, 1.807) is 18.2 Å². The summed E-state index contributed by atoms with van der Waals surface area (Å²) in [5, 5.41) is 11.8. The molecular formula is C12H12BrF3N2. The second-order valence-corrected chi connectivity index (χ2v) is 4.72. The topological polar surface area (TPSA) is 35.8 Å². The van der Waals surface area contributed by atoms with Crippen LogP contribution in [-0.2, 0) is 0 Å². The monoisotopic (exact) mass is 320 g/mol. The van der Waals surface area contributed by atoms with Crippen LogP contribution in [-0.4, -0.2) is 12.7 Å². The zero-order chi connectivity index (χ0) is 13.6. The summed E-state index contributed by atoms with van der Waals surface area (Å²) in [6, 6.07) is 7.16. The number of nitriles is 1. The number of benzene rings is 1. The van der Waals surface area contributed by atoms with Gasteiger partial charge in [0.2, 0.25) is 0 Å². The van der Waals surface area contributed by atoms with Crippen molar-refractivity contribution in [2.45, 2.75) is 25.4 Å². The second kappa shape index (κ2) is 6.64. The molecule has 0 unspecified atom stereocenters. The van der Waals surface area contributed by atoms with Gasteiger partial charge in [0.1, 0.15) is 6.07 Å². The Bertz CT molecular complexity index is 438. The Morgan fingerprint density at radius 1 is 1.28 bits per heavy atom. The van der Waals surface area contributed by atoms with Gasteiger partial charge >= 0.3 is 6.18 Å². The van der Waals surface area contributed by atoms with E-state index in [0.29, 0.717) is 24.2 Å². The van der Waals surface area contributed by atoms with E-state index in [-0.39, 0.29) is 6.42 Å². The fourth-order valence-electron chi connectivity index (χ4n) is 1.43. The van der Waals surface area contributed by atoms with Crippen molar-refractivity contribution in [3.05, 3.63) is 28.2 Å². The molecule has 98 valence electrons. The van der Waals surface area contributed by atoms with E-state index >= 15 is 0 Å². The van der Waals surface area contributed by atoms with E-state index in [4.69, 9.17) is 5.26 Å². The average molecular weight is 321 g/mol. The zero-order valence-electron chi connectivity index (χ0n) is 9.52. The SMILES string of the molecule is N#Cc1ccc(Br)cc1NCCCCC(F)(F)F. The number of rotatable bonds is 5. The van der Waals surface area contributed by atoms with Gasteiger partial charge in [-0.15, -0.1) is 0 Å². The maximum absolute atomic E-state index is 11.9. The van der Waals surface area contributed by atoms with Crippen LogP contribution in [0.1, 0.15) is 24.8 Å². The molecule has 18 heavy (non-hydrogen) atoms. The Balaban J connectivity index is 2.40. The van der Waals surface area contributed by atoms with Crippen molar-refractivity contribution in [2.24, 2.45) is 0 Å². The Hall–Kier alpha value is -1.22. The van der Waals surface area contributed by atoms with E-state index < -0.39 is 12.6 Å². The molecule has 2 nitrogen and oxygen atoms in total. The van der Waals surface area contributed by atoms with Crippen LogP contribution in [0.15, 0.2) is 22.7 Å². The van der Waals surface area contributed by atoms with Gasteiger partial charge in [0.15, 0.2) is 0 Å². The zero-order valence-corrected chi connectivity index (χ0v) is 11.1. The fraction of sp³-hybridized carbons (Fsp3) is 0.417. The molecule has 0 bridgehead atoms. The Morgan fingerprint density at radius 3 is 2.61 bits per heavy atom. The van der Waals surface area contributed by atoms with Crippen molar-refractivity contribution in [3.63, 3.8) is 0 Å². The first-order chi connectivity index (χ1) is 8.42. The third-order valence-electron chi connectivity index (χ3n) is 2.30. The minimum Gasteiger partial charge on any atom is -0.384 e. The quantitative estimate of drug-likeness (QED) is 0.813. The number of nitrogens with zero attached hydrogens (tertiary/aromatic N) is 1. The molecule has 0 aliphatic carbocycles. The lowest BCUT2D eigenvalue weighted by Crippen LogP contribution is -2.09. The van der Waals surface area contributed by atoms with Crippen LogP contribution in [0.25, 0.3) is 0 Å². The number of hydrogen-bond donors (Lipinski definition) is 1. The number of anilines is 1. The molecule has 0 fully saturated rings. The smallest absolute Gasteiger partial charge is 0.384 e. The number of nitrogens with one attached hydrogen (secondary N) is 1. The molecule has 0 saturated carbocycles. The van der Waals surface area contributed by atoms with Gasteiger partial charge in [0.05, 0.1) is 11.3 Å². The van der Waals surface area contributed by atoms with Crippen molar-refractivity contribution in [3.8, 4) is 6.07 Å². The predicted molar refractivity (Wildman–Crippen MR) is 67.3 cm³/mol. The molecule has 0 saturated heterocycles. The summed E-state index contributed by atoms with van der Waals surface area (Å²) in [7, 11) is 0. The van der Waals surface area contributed by atoms with Gasteiger partial charge < -0.3 is 5.32 Å². The molecule has 1 aromatic carbocycles. The summed E-state index contributed by atoms with van der Waals surface area (Å²) in [5.74, 6) is 0. The number of halogens is 4. The van der Waals surface area contributed by atoms with Gasteiger partial charge in [-0.2, -0.15) is 18.4 Å². The summed E-state index contributed by atoms with van der Waals surface area (Å²) in [6.07, 6.45) is -4.35. The summed E-state index contributed by atoms with van der Waals surface area (Å²) < 4.78 is 36.5. The van der Waals surface area contributed by atoms with Crippen molar-refractivity contribution in [2.75, 3.05) is 11.9 Å². The maximum Gasteiger partial charge on any atom is 0.389 e. The van der Waals surface area contributed by atoms with Crippen LogP contribution in [0.5, 0.6) is 0 Å². The van der Waals surface area contributed by atoms with Gasteiger partial charge in [-0.3, -0.25) is 0 Å². The Morgan fingerprint density at radius 2 is 2.00 bits per heavy atom. The second-order valence-electron chi connectivity index (χ2n) is 3.80. The number of hydrogen-bond acceptors (Lipinski definition) is 2. The molecule has 1 N–H and O–H groups in total. The Kier molecular flexibility index (Phi) is 5.48. The first-order valence-corrected chi connectivity index (χ1v) is 6.22. The van der Waals surface area contributed by atoms with Gasteiger partial charge in [-0.25, -0.2) is 0 Å². The third kappa shape index (κ3) is 5.41. The van der Waals surface area contributed by atoms with Crippen molar-refractivity contribution in [1.29, 1.82) is 5.26 Å². The lowest BCUT2D eigenvalue weighted by molar-refractivity contribution is -0.135. The van der Waals surface area contributed by atoms with E-state index in [1.807, 2.05) is 6.07 Å². The van der Waals surface area contributed by atoms with Gasteiger partial charge in [0.25, 0.3) is 0 Å². The molecule has 1 aromatic rings. The predicted octanol–water partition coefficient (Wildman–Crippen LogP) is 4.47. The minimum atomic E-state index is -4.09.